The Hall–Kier alpha value is -2.65. The number of nitrogens with zero attached hydrogens (tertiary/aromatic N) is 1. The third kappa shape index (κ3) is 5.43. The van der Waals surface area contributed by atoms with Crippen LogP contribution in [0.3, 0.4) is 0 Å². The van der Waals surface area contributed by atoms with E-state index >= 15 is 0 Å². The quantitative estimate of drug-likeness (QED) is 0.537. The van der Waals surface area contributed by atoms with Crippen LogP contribution in [0.2, 0.25) is 0 Å². The Bertz CT molecular complexity index is 662. The minimum atomic E-state index is -1.12. The Morgan fingerprint density at radius 2 is 2.00 bits per heavy atom. The largest absolute Gasteiger partial charge is 0.480 e. The topological polar surface area (TPSA) is 134 Å². The van der Waals surface area contributed by atoms with Crippen molar-refractivity contribution in [2.24, 2.45) is 5.73 Å². The molecule has 2 rings (SSSR count). The van der Waals surface area contributed by atoms with Crippen LogP contribution in [0.15, 0.2) is 24.3 Å². The van der Waals surface area contributed by atoms with Gasteiger partial charge in [-0.05, 0) is 24.1 Å². The third-order valence-corrected chi connectivity index (χ3v) is 4.03. The Morgan fingerprint density at radius 1 is 1.35 bits per heavy atom. The van der Waals surface area contributed by atoms with Gasteiger partial charge in [0.05, 0.1) is 6.04 Å². The lowest BCUT2D eigenvalue weighted by Gasteiger charge is -2.18. The van der Waals surface area contributed by atoms with Crippen molar-refractivity contribution in [2.45, 2.75) is 31.0 Å². The Kier molecular flexibility index (Phi) is 6.53. The maximum atomic E-state index is 12.2. The SMILES string of the molecule is CN(C)C(=O)Oc1ccc(C[C@H](NC(=O)[C@@H]2C[C@@H](N)CN2)C(=O)O)cc1. The van der Waals surface area contributed by atoms with Crippen molar-refractivity contribution in [1.29, 1.82) is 0 Å². The minimum Gasteiger partial charge on any atom is -0.480 e. The van der Waals surface area contributed by atoms with Crippen LogP contribution in [0, 0.1) is 0 Å². The number of nitrogens with one attached hydrogen (secondary N) is 2. The van der Waals surface area contributed by atoms with E-state index in [4.69, 9.17) is 10.5 Å². The van der Waals surface area contributed by atoms with Crippen molar-refractivity contribution in [3.63, 3.8) is 0 Å². The summed E-state index contributed by atoms with van der Waals surface area (Å²) in [6.07, 6.45) is 0.0852. The van der Waals surface area contributed by atoms with Crippen molar-refractivity contribution in [2.75, 3.05) is 20.6 Å². The van der Waals surface area contributed by atoms with Gasteiger partial charge in [-0.15, -0.1) is 0 Å². The fourth-order valence-electron chi connectivity index (χ4n) is 2.56. The lowest BCUT2D eigenvalue weighted by molar-refractivity contribution is -0.142. The number of benzene rings is 1. The zero-order valence-electron chi connectivity index (χ0n) is 14.8. The fraction of sp³-hybridized carbons (Fsp3) is 0.471. The van der Waals surface area contributed by atoms with Crippen molar-refractivity contribution in [3.8, 4) is 5.75 Å². The second-order valence-corrected chi connectivity index (χ2v) is 6.47. The van der Waals surface area contributed by atoms with E-state index in [-0.39, 0.29) is 18.4 Å². The van der Waals surface area contributed by atoms with E-state index in [0.29, 0.717) is 24.3 Å². The van der Waals surface area contributed by atoms with Crippen LogP contribution < -0.4 is 21.1 Å². The van der Waals surface area contributed by atoms with Crippen LogP contribution in [-0.2, 0) is 16.0 Å². The number of rotatable bonds is 6. The standard InChI is InChI=1S/C17H24N4O5/c1-21(2)17(25)26-12-5-3-10(4-6-12)7-14(16(23)24)20-15(22)13-8-11(18)9-19-13/h3-6,11,13-14,19H,7-9,18H2,1-2H3,(H,20,22)(H,23,24)/t11-,13+,14+/m1/s1. The molecule has 5 N–H and O–H groups in total. The number of hydrogen-bond acceptors (Lipinski definition) is 6. The number of amides is 2. The maximum Gasteiger partial charge on any atom is 0.414 e. The first kappa shape index (κ1) is 19.7. The first-order valence-electron chi connectivity index (χ1n) is 8.26. The number of carbonyl (C=O) groups is 3. The van der Waals surface area contributed by atoms with Crippen molar-refractivity contribution >= 4 is 18.0 Å². The molecule has 1 aromatic carbocycles. The number of carbonyl (C=O) groups excluding carboxylic acids is 2. The third-order valence-electron chi connectivity index (χ3n) is 4.03. The summed E-state index contributed by atoms with van der Waals surface area (Å²) in [4.78, 5) is 36.4. The summed E-state index contributed by atoms with van der Waals surface area (Å²) in [6.45, 7) is 0.531. The summed E-state index contributed by atoms with van der Waals surface area (Å²) in [5, 5.41) is 14.9. The first-order chi connectivity index (χ1) is 12.3. The minimum absolute atomic E-state index is 0.105. The van der Waals surface area contributed by atoms with Crippen LogP contribution >= 0.6 is 0 Å². The molecule has 1 aliphatic heterocycles. The van der Waals surface area contributed by atoms with E-state index in [0.717, 1.165) is 0 Å². The van der Waals surface area contributed by atoms with Gasteiger partial charge >= 0.3 is 12.1 Å². The van der Waals surface area contributed by atoms with E-state index < -0.39 is 24.1 Å². The predicted octanol–water partition coefficient (Wildman–Crippen LogP) is -0.452. The molecule has 1 aliphatic rings. The molecule has 0 radical (unpaired) electrons. The molecule has 0 spiro atoms. The molecule has 0 saturated carbocycles. The second-order valence-electron chi connectivity index (χ2n) is 6.47. The smallest absolute Gasteiger partial charge is 0.414 e. The zero-order chi connectivity index (χ0) is 19.3. The van der Waals surface area contributed by atoms with Gasteiger partial charge in [-0.25, -0.2) is 9.59 Å². The van der Waals surface area contributed by atoms with Crippen LogP contribution in [-0.4, -0.2) is 66.7 Å². The van der Waals surface area contributed by atoms with Crippen LogP contribution in [0.25, 0.3) is 0 Å². The molecule has 1 heterocycles. The number of carboxylic acids is 1. The Balaban J connectivity index is 1.95. The number of ether oxygens (including phenoxy) is 1. The molecule has 0 aromatic heterocycles. The summed E-state index contributed by atoms with van der Waals surface area (Å²) in [5.74, 6) is -1.14. The number of nitrogens with two attached hydrogens (primary N) is 1. The van der Waals surface area contributed by atoms with Gasteiger partial charge in [0, 0.05) is 33.1 Å². The first-order valence-corrected chi connectivity index (χ1v) is 8.26. The summed E-state index contributed by atoms with van der Waals surface area (Å²) < 4.78 is 5.11. The molecule has 0 bridgehead atoms. The summed E-state index contributed by atoms with van der Waals surface area (Å²) in [7, 11) is 3.14. The molecular formula is C17H24N4O5. The summed E-state index contributed by atoms with van der Waals surface area (Å²) in [5.41, 5.74) is 6.44. The number of aliphatic carboxylic acids is 1. The van der Waals surface area contributed by atoms with Gasteiger partial charge in [0.1, 0.15) is 11.8 Å². The van der Waals surface area contributed by atoms with Gasteiger partial charge in [0.2, 0.25) is 5.91 Å². The monoisotopic (exact) mass is 364 g/mol. The maximum absolute atomic E-state index is 12.2. The van der Waals surface area contributed by atoms with Gasteiger partial charge in [0.25, 0.3) is 0 Å². The molecule has 2 amide bonds. The van der Waals surface area contributed by atoms with Crippen LogP contribution in [0.4, 0.5) is 4.79 Å². The average molecular weight is 364 g/mol. The Morgan fingerprint density at radius 3 is 2.50 bits per heavy atom. The van der Waals surface area contributed by atoms with E-state index in [1.54, 1.807) is 38.4 Å². The molecule has 9 heteroatoms. The van der Waals surface area contributed by atoms with E-state index in [1.807, 2.05) is 0 Å². The second kappa shape index (κ2) is 8.63. The van der Waals surface area contributed by atoms with Crippen LogP contribution in [0.5, 0.6) is 5.75 Å². The lowest BCUT2D eigenvalue weighted by Crippen LogP contribution is -2.49. The van der Waals surface area contributed by atoms with Crippen molar-refractivity contribution < 1.29 is 24.2 Å². The molecule has 1 saturated heterocycles. The molecule has 0 unspecified atom stereocenters. The molecule has 9 nitrogen and oxygen atoms in total. The fourth-order valence-corrected chi connectivity index (χ4v) is 2.56. The highest BCUT2D eigenvalue weighted by Gasteiger charge is 2.30. The molecule has 26 heavy (non-hydrogen) atoms. The van der Waals surface area contributed by atoms with Gasteiger partial charge in [-0.3, -0.25) is 4.79 Å². The van der Waals surface area contributed by atoms with Crippen molar-refractivity contribution in [3.05, 3.63) is 29.8 Å². The van der Waals surface area contributed by atoms with Gasteiger partial charge in [-0.2, -0.15) is 0 Å². The molecule has 3 atom stereocenters. The lowest BCUT2D eigenvalue weighted by atomic mass is 10.0. The molecule has 0 aliphatic carbocycles. The van der Waals surface area contributed by atoms with Gasteiger partial charge in [0.15, 0.2) is 0 Å². The normalized spacial score (nSPS) is 20.3. The highest BCUT2D eigenvalue weighted by Crippen LogP contribution is 2.15. The van der Waals surface area contributed by atoms with Crippen molar-refractivity contribution in [1.82, 2.24) is 15.5 Å². The molecular weight excluding hydrogens is 340 g/mol. The molecule has 1 aromatic rings. The predicted molar refractivity (Wildman–Crippen MR) is 93.8 cm³/mol. The summed E-state index contributed by atoms with van der Waals surface area (Å²) >= 11 is 0. The van der Waals surface area contributed by atoms with Gasteiger partial charge in [-0.1, -0.05) is 12.1 Å². The highest BCUT2D eigenvalue weighted by atomic mass is 16.6. The van der Waals surface area contributed by atoms with E-state index in [9.17, 15) is 19.5 Å². The average Bonchev–Trinajstić information content (AvgIpc) is 3.02. The van der Waals surface area contributed by atoms with E-state index in [2.05, 4.69) is 10.6 Å². The highest BCUT2D eigenvalue weighted by molar-refractivity contribution is 5.87. The van der Waals surface area contributed by atoms with Crippen LogP contribution in [0.1, 0.15) is 12.0 Å². The Labute approximate surface area is 151 Å². The summed E-state index contributed by atoms with van der Waals surface area (Å²) in [6, 6.07) is 4.83. The van der Waals surface area contributed by atoms with E-state index in [1.165, 1.54) is 4.90 Å². The number of hydrogen-bond donors (Lipinski definition) is 4. The zero-order valence-corrected chi connectivity index (χ0v) is 14.8. The molecule has 142 valence electrons. The van der Waals surface area contributed by atoms with Gasteiger partial charge < -0.3 is 31.1 Å². The number of carboxylic acid groups (broad SMARTS) is 1. The molecule has 1 fully saturated rings.